The predicted molar refractivity (Wildman–Crippen MR) is 104 cm³/mol. The number of hydrogen-bond donors (Lipinski definition) is 2. The molecule has 1 aromatic heterocycles. The monoisotopic (exact) mass is 363 g/mol. The summed E-state index contributed by atoms with van der Waals surface area (Å²) in [5.41, 5.74) is 1.46. The van der Waals surface area contributed by atoms with E-state index < -0.39 is 0 Å². The van der Waals surface area contributed by atoms with Crippen LogP contribution in [-0.4, -0.2) is 38.6 Å². The van der Waals surface area contributed by atoms with Gasteiger partial charge in [-0.15, -0.1) is 11.3 Å². The number of rotatable bonds is 7. The number of guanidine groups is 1. The Labute approximate surface area is 153 Å². The smallest absolute Gasteiger partial charge is 0.191 e. The number of hydrogen-bond acceptors (Lipinski definition) is 4. The molecular formula is C18H26FN5S. The summed E-state index contributed by atoms with van der Waals surface area (Å²) < 4.78 is 14.0. The van der Waals surface area contributed by atoms with E-state index in [-0.39, 0.29) is 5.82 Å². The first-order valence-electron chi connectivity index (χ1n) is 8.37. The molecule has 0 aliphatic carbocycles. The summed E-state index contributed by atoms with van der Waals surface area (Å²) in [7, 11) is 5.38. The molecule has 0 amide bonds. The van der Waals surface area contributed by atoms with Crippen LogP contribution in [0.2, 0.25) is 0 Å². The highest BCUT2D eigenvalue weighted by molar-refractivity contribution is 7.11. The van der Waals surface area contributed by atoms with Crippen LogP contribution in [-0.2, 0) is 19.4 Å². The van der Waals surface area contributed by atoms with Crippen molar-refractivity contribution in [2.45, 2.75) is 26.3 Å². The van der Waals surface area contributed by atoms with Crippen molar-refractivity contribution in [1.29, 1.82) is 0 Å². The Bertz CT molecular complexity index is 711. The van der Waals surface area contributed by atoms with Crippen LogP contribution in [0, 0.1) is 5.82 Å². The van der Waals surface area contributed by atoms with E-state index in [0.29, 0.717) is 18.2 Å². The third-order valence-electron chi connectivity index (χ3n) is 3.76. The van der Waals surface area contributed by atoms with Crippen molar-refractivity contribution >= 4 is 23.0 Å². The molecule has 0 radical (unpaired) electrons. The van der Waals surface area contributed by atoms with Gasteiger partial charge >= 0.3 is 0 Å². The van der Waals surface area contributed by atoms with Crippen molar-refractivity contribution in [3.63, 3.8) is 0 Å². The van der Waals surface area contributed by atoms with Crippen LogP contribution in [0.4, 0.5) is 10.1 Å². The second kappa shape index (κ2) is 9.36. The van der Waals surface area contributed by atoms with Gasteiger partial charge in [-0.2, -0.15) is 0 Å². The lowest BCUT2D eigenvalue weighted by Gasteiger charge is -2.15. The molecule has 0 saturated heterocycles. The third-order valence-corrected chi connectivity index (χ3v) is 4.96. The van der Waals surface area contributed by atoms with Gasteiger partial charge < -0.3 is 15.5 Å². The summed E-state index contributed by atoms with van der Waals surface area (Å²) in [6.07, 6.45) is 3.83. The molecule has 0 unspecified atom stereocenters. The van der Waals surface area contributed by atoms with Crippen LogP contribution >= 0.6 is 11.3 Å². The zero-order chi connectivity index (χ0) is 18.2. The van der Waals surface area contributed by atoms with Crippen molar-refractivity contribution in [3.05, 3.63) is 45.7 Å². The summed E-state index contributed by atoms with van der Waals surface area (Å²) in [4.78, 5) is 11.7. The standard InChI is InChI=1S/C18H26FN5S/c1-5-14-12-22-17(25-14)8-9-21-18(20-2)23-11-13-6-7-16(24(3)4)15(19)10-13/h6-7,10,12H,5,8-9,11H2,1-4H3,(H2,20,21,23). The molecule has 7 heteroatoms. The number of benzene rings is 1. The number of nitrogens with zero attached hydrogens (tertiary/aromatic N) is 3. The van der Waals surface area contributed by atoms with Gasteiger partial charge in [0.1, 0.15) is 5.82 Å². The molecule has 2 rings (SSSR count). The van der Waals surface area contributed by atoms with Crippen molar-refractivity contribution in [3.8, 4) is 0 Å². The molecule has 0 atom stereocenters. The molecule has 1 heterocycles. The van der Waals surface area contributed by atoms with Crippen LogP contribution in [0.3, 0.4) is 0 Å². The zero-order valence-electron chi connectivity index (χ0n) is 15.3. The second-order valence-corrected chi connectivity index (χ2v) is 7.06. The molecule has 0 aliphatic rings. The molecular weight excluding hydrogens is 337 g/mol. The van der Waals surface area contributed by atoms with Gasteiger partial charge in [0, 0.05) is 51.7 Å². The van der Waals surface area contributed by atoms with Gasteiger partial charge in [-0.05, 0) is 24.1 Å². The maximum atomic E-state index is 14.0. The Balaban J connectivity index is 1.81. The fourth-order valence-electron chi connectivity index (χ4n) is 2.34. The summed E-state index contributed by atoms with van der Waals surface area (Å²) in [6, 6.07) is 5.26. The number of nitrogens with one attached hydrogen (secondary N) is 2. The lowest BCUT2D eigenvalue weighted by Crippen LogP contribution is -2.37. The average Bonchev–Trinajstić information content (AvgIpc) is 3.05. The van der Waals surface area contributed by atoms with E-state index in [1.165, 1.54) is 4.88 Å². The number of halogens is 1. The molecule has 25 heavy (non-hydrogen) atoms. The average molecular weight is 364 g/mol. The topological polar surface area (TPSA) is 52.6 Å². The lowest BCUT2D eigenvalue weighted by molar-refractivity contribution is 0.623. The maximum absolute atomic E-state index is 14.0. The summed E-state index contributed by atoms with van der Waals surface area (Å²) in [5.74, 6) is 0.479. The first-order valence-corrected chi connectivity index (χ1v) is 9.19. The Morgan fingerprint density at radius 1 is 1.32 bits per heavy atom. The molecule has 0 saturated carbocycles. The zero-order valence-corrected chi connectivity index (χ0v) is 16.1. The lowest BCUT2D eigenvalue weighted by atomic mass is 10.2. The van der Waals surface area contributed by atoms with Crippen molar-refractivity contribution in [1.82, 2.24) is 15.6 Å². The molecule has 5 nitrogen and oxygen atoms in total. The Morgan fingerprint density at radius 2 is 2.12 bits per heavy atom. The van der Waals surface area contributed by atoms with E-state index in [0.717, 1.165) is 30.0 Å². The SMILES string of the molecule is CCc1cnc(CCNC(=NC)NCc2ccc(N(C)C)c(F)c2)s1. The molecule has 1 aromatic carbocycles. The first-order chi connectivity index (χ1) is 12.0. The van der Waals surface area contributed by atoms with Gasteiger partial charge in [-0.3, -0.25) is 4.99 Å². The van der Waals surface area contributed by atoms with Crippen molar-refractivity contribution in [2.75, 3.05) is 32.6 Å². The highest BCUT2D eigenvalue weighted by Crippen LogP contribution is 2.18. The number of anilines is 1. The van der Waals surface area contributed by atoms with Crippen LogP contribution in [0.15, 0.2) is 29.4 Å². The van der Waals surface area contributed by atoms with Gasteiger partial charge in [0.2, 0.25) is 0 Å². The van der Waals surface area contributed by atoms with Crippen LogP contribution < -0.4 is 15.5 Å². The number of aliphatic imine (C=N–C) groups is 1. The quantitative estimate of drug-likeness (QED) is 0.587. The molecule has 2 aromatic rings. The fraction of sp³-hybridized carbons (Fsp3) is 0.444. The van der Waals surface area contributed by atoms with Crippen molar-refractivity contribution < 1.29 is 4.39 Å². The van der Waals surface area contributed by atoms with Crippen LogP contribution in [0.25, 0.3) is 0 Å². The Hall–Kier alpha value is -2.15. The van der Waals surface area contributed by atoms with E-state index in [1.807, 2.05) is 26.4 Å². The predicted octanol–water partition coefficient (Wildman–Crippen LogP) is 2.82. The van der Waals surface area contributed by atoms with Crippen molar-refractivity contribution in [2.24, 2.45) is 4.99 Å². The number of thiazole rings is 1. The Kier molecular flexibility index (Phi) is 7.18. The fourth-order valence-corrected chi connectivity index (χ4v) is 3.21. The number of aryl methyl sites for hydroxylation is 1. The van der Waals surface area contributed by atoms with E-state index in [1.54, 1.807) is 35.4 Å². The summed E-state index contributed by atoms with van der Waals surface area (Å²) in [6.45, 7) is 3.40. The normalized spacial score (nSPS) is 11.5. The molecule has 0 bridgehead atoms. The summed E-state index contributed by atoms with van der Waals surface area (Å²) >= 11 is 1.75. The molecule has 0 spiro atoms. The number of aromatic nitrogens is 1. The second-order valence-electron chi connectivity index (χ2n) is 5.86. The molecule has 2 N–H and O–H groups in total. The van der Waals surface area contributed by atoms with Gasteiger partial charge in [0.25, 0.3) is 0 Å². The van der Waals surface area contributed by atoms with Gasteiger partial charge in [0.05, 0.1) is 10.7 Å². The minimum Gasteiger partial charge on any atom is -0.375 e. The van der Waals surface area contributed by atoms with Gasteiger partial charge in [0.15, 0.2) is 5.96 Å². The van der Waals surface area contributed by atoms with Gasteiger partial charge in [-0.1, -0.05) is 13.0 Å². The summed E-state index contributed by atoms with van der Waals surface area (Å²) in [5, 5.41) is 7.60. The molecule has 136 valence electrons. The van der Waals surface area contributed by atoms with E-state index >= 15 is 0 Å². The molecule has 0 aliphatic heterocycles. The van der Waals surface area contributed by atoms with Crippen LogP contribution in [0.5, 0.6) is 0 Å². The largest absolute Gasteiger partial charge is 0.375 e. The minimum absolute atomic E-state index is 0.220. The van der Waals surface area contributed by atoms with E-state index in [2.05, 4.69) is 27.5 Å². The molecule has 0 fully saturated rings. The van der Waals surface area contributed by atoms with E-state index in [4.69, 9.17) is 0 Å². The maximum Gasteiger partial charge on any atom is 0.191 e. The Morgan fingerprint density at radius 3 is 2.72 bits per heavy atom. The van der Waals surface area contributed by atoms with E-state index in [9.17, 15) is 4.39 Å². The first kappa shape index (κ1) is 19.2. The third kappa shape index (κ3) is 5.70. The highest BCUT2D eigenvalue weighted by Gasteiger charge is 2.06. The van der Waals surface area contributed by atoms with Gasteiger partial charge in [-0.25, -0.2) is 9.37 Å². The minimum atomic E-state index is -0.220. The highest BCUT2D eigenvalue weighted by atomic mass is 32.1. The van der Waals surface area contributed by atoms with Crippen LogP contribution in [0.1, 0.15) is 22.4 Å².